The van der Waals surface area contributed by atoms with Gasteiger partial charge in [0.25, 0.3) is 0 Å². The molecule has 0 aromatic heterocycles. The minimum Gasteiger partial charge on any atom is -0.508 e. The number of carbonyl (C=O) groups excluding carboxylic acids is 1. The third-order valence-corrected chi connectivity index (χ3v) is 2.55. The number of nitrogens with two attached hydrogens (primary N) is 1. The number of rotatable bonds is 5. The van der Waals surface area contributed by atoms with E-state index in [-0.39, 0.29) is 22.9 Å². The van der Waals surface area contributed by atoms with E-state index in [2.05, 4.69) is 5.32 Å². The van der Waals surface area contributed by atoms with Crippen molar-refractivity contribution in [3.63, 3.8) is 0 Å². The summed E-state index contributed by atoms with van der Waals surface area (Å²) >= 11 is 0. The Morgan fingerprint density at radius 2 is 2.00 bits per heavy atom. The Hall–Kier alpha value is -2.08. The number of carboxylic acid groups (broad SMARTS) is 1. The number of anilines is 1. The van der Waals surface area contributed by atoms with Crippen LogP contribution in [0, 0.1) is 5.92 Å². The zero-order valence-corrected chi connectivity index (χ0v) is 10.9. The largest absolute Gasteiger partial charge is 0.508 e. The van der Waals surface area contributed by atoms with Gasteiger partial charge in [-0.25, -0.2) is 4.79 Å². The molecular formula is C13H18N2O4. The molecule has 1 aromatic rings. The molecule has 104 valence electrons. The maximum Gasteiger partial charge on any atom is 0.337 e. The lowest BCUT2D eigenvalue weighted by molar-refractivity contribution is -0.117. The number of phenols is 1. The monoisotopic (exact) mass is 266 g/mol. The highest BCUT2D eigenvalue weighted by Gasteiger charge is 2.18. The second kappa shape index (κ2) is 6.19. The Bertz CT molecular complexity index is 486. The molecule has 0 radical (unpaired) electrons. The van der Waals surface area contributed by atoms with Crippen LogP contribution >= 0.6 is 0 Å². The number of amides is 1. The first-order chi connectivity index (χ1) is 8.81. The summed E-state index contributed by atoms with van der Waals surface area (Å²) in [5.74, 6) is -1.59. The quantitative estimate of drug-likeness (QED) is 0.602. The average Bonchev–Trinajstić information content (AvgIpc) is 2.30. The number of carbonyl (C=O) groups is 2. The van der Waals surface area contributed by atoms with Crippen molar-refractivity contribution in [2.75, 3.05) is 5.32 Å². The Balaban J connectivity index is 2.87. The van der Waals surface area contributed by atoms with Gasteiger partial charge in [-0.1, -0.05) is 13.8 Å². The molecule has 0 saturated heterocycles. The van der Waals surface area contributed by atoms with Crippen LogP contribution in [0.4, 0.5) is 5.69 Å². The van der Waals surface area contributed by atoms with Gasteiger partial charge in [-0.05, 0) is 30.5 Å². The van der Waals surface area contributed by atoms with Crippen molar-refractivity contribution >= 4 is 17.6 Å². The van der Waals surface area contributed by atoms with Crippen LogP contribution in [0.2, 0.25) is 0 Å². The number of benzene rings is 1. The average molecular weight is 266 g/mol. The van der Waals surface area contributed by atoms with Crippen LogP contribution in [0.3, 0.4) is 0 Å². The first kappa shape index (κ1) is 15.0. The van der Waals surface area contributed by atoms with Gasteiger partial charge in [-0.15, -0.1) is 0 Å². The van der Waals surface area contributed by atoms with E-state index in [1.54, 1.807) is 0 Å². The van der Waals surface area contributed by atoms with Crippen molar-refractivity contribution in [1.29, 1.82) is 0 Å². The zero-order chi connectivity index (χ0) is 14.6. The van der Waals surface area contributed by atoms with Crippen LogP contribution in [0.5, 0.6) is 5.75 Å². The number of aromatic carboxylic acids is 1. The van der Waals surface area contributed by atoms with Crippen LogP contribution in [-0.4, -0.2) is 28.1 Å². The molecule has 0 heterocycles. The van der Waals surface area contributed by atoms with Gasteiger partial charge in [0, 0.05) is 0 Å². The summed E-state index contributed by atoms with van der Waals surface area (Å²) in [6, 6.07) is 3.01. The van der Waals surface area contributed by atoms with Crippen LogP contribution in [0.1, 0.15) is 30.6 Å². The third-order valence-electron chi connectivity index (χ3n) is 2.55. The smallest absolute Gasteiger partial charge is 0.337 e. The van der Waals surface area contributed by atoms with E-state index < -0.39 is 17.9 Å². The lowest BCUT2D eigenvalue weighted by atomic mass is 10.0. The van der Waals surface area contributed by atoms with Crippen LogP contribution < -0.4 is 11.1 Å². The maximum atomic E-state index is 11.8. The van der Waals surface area contributed by atoms with Gasteiger partial charge < -0.3 is 21.3 Å². The van der Waals surface area contributed by atoms with Crippen LogP contribution in [0.15, 0.2) is 18.2 Å². The lowest BCUT2D eigenvalue weighted by Crippen LogP contribution is -2.37. The number of aromatic hydroxyl groups is 1. The summed E-state index contributed by atoms with van der Waals surface area (Å²) in [5.41, 5.74) is 5.66. The van der Waals surface area contributed by atoms with Gasteiger partial charge >= 0.3 is 5.97 Å². The molecule has 6 heteroatoms. The molecule has 0 fully saturated rings. The summed E-state index contributed by atoms with van der Waals surface area (Å²) in [5, 5.41) is 20.7. The minimum atomic E-state index is -1.23. The van der Waals surface area contributed by atoms with E-state index in [0.29, 0.717) is 6.42 Å². The zero-order valence-electron chi connectivity index (χ0n) is 10.9. The highest BCUT2D eigenvalue weighted by atomic mass is 16.4. The van der Waals surface area contributed by atoms with Gasteiger partial charge in [0.15, 0.2) is 0 Å². The van der Waals surface area contributed by atoms with Crippen molar-refractivity contribution in [2.24, 2.45) is 11.7 Å². The molecule has 0 spiro atoms. The van der Waals surface area contributed by atoms with E-state index >= 15 is 0 Å². The first-order valence-corrected chi connectivity index (χ1v) is 5.94. The first-order valence-electron chi connectivity index (χ1n) is 5.94. The highest BCUT2D eigenvalue weighted by molar-refractivity contribution is 6.02. The van der Waals surface area contributed by atoms with E-state index in [9.17, 15) is 14.7 Å². The Morgan fingerprint density at radius 3 is 2.53 bits per heavy atom. The number of phenolic OH excluding ortho intramolecular Hbond substituents is 1. The Labute approximate surface area is 111 Å². The predicted octanol–water partition coefficient (Wildman–Crippen LogP) is 1.40. The van der Waals surface area contributed by atoms with E-state index in [1.165, 1.54) is 12.1 Å². The summed E-state index contributed by atoms with van der Waals surface area (Å²) < 4.78 is 0. The van der Waals surface area contributed by atoms with Gasteiger partial charge in [-0.2, -0.15) is 0 Å². The second-order valence-corrected chi connectivity index (χ2v) is 4.76. The van der Waals surface area contributed by atoms with Gasteiger partial charge in [-0.3, -0.25) is 4.79 Å². The van der Waals surface area contributed by atoms with Gasteiger partial charge in [0.1, 0.15) is 5.75 Å². The molecule has 5 N–H and O–H groups in total. The van der Waals surface area contributed by atoms with Crippen molar-refractivity contribution in [3.8, 4) is 5.75 Å². The Morgan fingerprint density at radius 1 is 1.37 bits per heavy atom. The van der Waals surface area contributed by atoms with Crippen molar-refractivity contribution in [3.05, 3.63) is 23.8 Å². The second-order valence-electron chi connectivity index (χ2n) is 4.76. The van der Waals surface area contributed by atoms with E-state index in [1.807, 2.05) is 13.8 Å². The minimum absolute atomic E-state index is 0.120. The van der Waals surface area contributed by atoms with Crippen molar-refractivity contribution in [1.82, 2.24) is 0 Å². The molecule has 0 saturated carbocycles. The van der Waals surface area contributed by atoms with Gasteiger partial charge in [0.05, 0.1) is 17.3 Å². The number of nitrogens with one attached hydrogen (secondary N) is 1. The number of carboxylic acids is 1. The summed E-state index contributed by atoms with van der Waals surface area (Å²) in [4.78, 5) is 22.8. The molecular weight excluding hydrogens is 248 g/mol. The van der Waals surface area contributed by atoms with E-state index in [4.69, 9.17) is 10.8 Å². The number of hydrogen-bond donors (Lipinski definition) is 4. The molecule has 0 aliphatic carbocycles. The summed E-state index contributed by atoms with van der Waals surface area (Å²) in [6.07, 6.45) is 0.506. The molecule has 1 rings (SSSR count). The third kappa shape index (κ3) is 4.26. The van der Waals surface area contributed by atoms with Crippen LogP contribution in [0.25, 0.3) is 0 Å². The molecule has 0 unspecified atom stereocenters. The normalized spacial score (nSPS) is 12.2. The molecule has 1 atom stereocenters. The molecule has 1 amide bonds. The predicted molar refractivity (Wildman–Crippen MR) is 71.1 cm³/mol. The standard InChI is InChI=1S/C13H18N2O4/c1-7(2)5-10(14)12(17)15-11-4-3-8(16)6-9(11)13(18)19/h3-4,6-7,10,16H,5,14H2,1-2H3,(H,15,17)(H,18,19)/t10-/m1/s1. The fraction of sp³-hybridized carbons (Fsp3) is 0.385. The Kier molecular flexibility index (Phi) is 4.88. The van der Waals surface area contributed by atoms with Crippen molar-refractivity contribution < 1.29 is 19.8 Å². The van der Waals surface area contributed by atoms with E-state index in [0.717, 1.165) is 6.07 Å². The fourth-order valence-electron chi connectivity index (χ4n) is 1.66. The van der Waals surface area contributed by atoms with Gasteiger partial charge in [0.2, 0.25) is 5.91 Å². The van der Waals surface area contributed by atoms with Crippen LogP contribution in [-0.2, 0) is 4.79 Å². The molecule has 19 heavy (non-hydrogen) atoms. The summed E-state index contributed by atoms with van der Waals surface area (Å²) in [7, 11) is 0. The topological polar surface area (TPSA) is 113 Å². The highest BCUT2D eigenvalue weighted by Crippen LogP contribution is 2.21. The maximum absolute atomic E-state index is 11.8. The fourth-order valence-corrected chi connectivity index (χ4v) is 1.66. The molecule has 0 aliphatic rings. The molecule has 0 aliphatic heterocycles. The summed E-state index contributed by atoms with van der Waals surface area (Å²) in [6.45, 7) is 3.88. The van der Waals surface area contributed by atoms with Crippen molar-refractivity contribution in [2.45, 2.75) is 26.3 Å². The lowest BCUT2D eigenvalue weighted by Gasteiger charge is -2.15. The molecule has 0 bridgehead atoms. The number of hydrogen-bond acceptors (Lipinski definition) is 4. The SMILES string of the molecule is CC(C)C[C@@H](N)C(=O)Nc1ccc(O)cc1C(=O)O. The molecule has 1 aromatic carbocycles. The molecule has 6 nitrogen and oxygen atoms in total.